The second-order valence-electron chi connectivity index (χ2n) is 4.42. The van der Waals surface area contributed by atoms with E-state index in [0.29, 0.717) is 28.2 Å². The smallest absolute Gasteiger partial charge is 0.141 e. The molecule has 0 bridgehead atoms. The summed E-state index contributed by atoms with van der Waals surface area (Å²) in [6.07, 6.45) is 0.694. The number of hydrogen-bond acceptors (Lipinski definition) is 2. The van der Waals surface area contributed by atoms with Crippen molar-refractivity contribution < 1.29 is 9.13 Å². The molecule has 0 heterocycles. The highest BCUT2D eigenvalue weighted by Gasteiger charge is 2.21. The fourth-order valence-electron chi connectivity index (χ4n) is 1.11. The van der Waals surface area contributed by atoms with Gasteiger partial charge < -0.3 is 10.5 Å². The third-order valence-corrected chi connectivity index (χ3v) is 3.75. The van der Waals surface area contributed by atoms with Crippen LogP contribution < -0.4 is 10.5 Å². The van der Waals surface area contributed by atoms with E-state index >= 15 is 0 Å². The maximum absolute atomic E-state index is 13.2. The summed E-state index contributed by atoms with van der Waals surface area (Å²) < 4.78 is 19.1. The molecule has 1 rings (SSSR count). The van der Waals surface area contributed by atoms with Crippen LogP contribution in [-0.4, -0.2) is 11.6 Å². The van der Waals surface area contributed by atoms with Gasteiger partial charge in [0.1, 0.15) is 11.6 Å². The Hall–Kier alpha value is -0.680. The number of nitrogens with two attached hydrogens (primary N) is 1. The Bertz CT molecular complexity index is 423. The average molecular weight is 320 g/mol. The summed E-state index contributed by atoms with van der Waals surface area (Å²) in [6.45, 7) is 4.37. The fraction of sp³-hybridized carbons (Fsp3) is 0.417. The number of halogens is 2. The molecule has 0 unspecified atom stereocenters. The predicted molar refractivity (Wildman–Crippen MR) is 74.8 cm³/mol. The van der Waals surface area contributed by atoms with E-state index in [2.05, 4.69) is 15.9 Å². The van der Waals surface area contributed by atoms with E-state index in [1.807, 2.05) is 13.8 Å². The molecule has 0 aliphatic heterocycles. The van der Waals surface area contributed by atoms with E-state index in [0.717, 1.165) is 0 Å². The quantitative estimate of drug-likeness (QED) is 0.841. The Kier molecular flexibility index (Phi) is 4.89. The highest BCUT2D eigenvalue weighted by molar-refractivity contribution is 9.10. The Morgan fingerprint density at radius 3 is 2.71 bits per heavy atom. The Morgan fingerprint density at radius 2 is 2.18 bits per heavy atom. The van der Waals surface area contributed by atoms with E-state index in [9.17, 15) is 4.39 Å². The first-order valence-corrected chi connectivity index (χ1v) is 6.41. The summed E-state index contributed by atoms with van der Waals surface area (Å²) in [5, 5.41) is 0. The molecule has 0 saturated carbocycles. The van der Waals surface area contributed by atoms with Crippen LogP contribution in [0.15, 0.2) is 22.7 Å². The lowest BCUT2D eigenvalue weighted by Crippen LogP contribution is -2.31. The lowest BCUT2D eigenvalue weighted by Gasteiger charge is -2.22. The van der Waals surface area contributed by atoms with Gasteiger partial charge in [-0.2, -0.15) is 0 Å². The standard InChI is InChI=1S/C12H15BrFNOS/c1-12(2,11(15)17)5-6-16-8-3-4-9(13)10(14)7-8/h3-4,7H,5-6H2,1-2H3,(H2,15,17). The summed E-state index contributed by atoms with van der Waals surface area (Å²) in [4.78, 5) is 0.461. The summed E-state index contributed by atoms with van der Waals surface area (Å²) in [7, 11) is 0. The van der Waals surface area contributed by atoms with Gasteiger partial charge in [0, 0.05) is 11.5 Å². The molecule has 0 spiro atoms. The Labute approximate surface area is 114 Å². The molecule has 0 saturated heterocycles. The van der Waals surface area contributed by atoms with Crippen LogP contribution in [0, 0.1) is 11.2 Å². The molecule has 5 heteroatoms. The molecular weight excluding hydrogens is 305 g/mol. The van der Waals surface area contributed by atoms with E-state index < -0.39 is 0 Å². The summed E-state index contributed by atoms with van der Waals surface area (Å²) in [5.74, 6) is 0.167. The first-order valence-electron chi connectivity index (χ1n) is 5.21. The van der Waals surface area contributed by atoms with Gasteiger partial charge in [0.2, 0.25) is 0 Å². The van der Waals surface area contributed by atoms with Crippen LogP contribution >= 0.6 is 28.1 Å². The molecule has 0 aromatic heterocycles. The van der Waals surface area contributed by atoms with Gasteiger partial charge in [0.15, 0.2) is 0 Å². The fourth-order valence-corrected chi connectivity index (χ4v) is 1.46. The first kappa shape index (κ1) is 14.4. The topological polar surface area (TPSA) is 35.2 Å². The zero-order valence-corrected chi connectivity index (χ0v) is 12.2. The van der Waals surface area contributed by atoms with Crippen LogP contribution in [0.2, 0.25) is 0 Å². The van der Waals surface area contributed by atoms with Gasteiger partial charge in [-0.3, -0.25) is 0 Å². The molecule has 94 valence electrons. The van der Waals surface area contributed by atoms with Crippen LogP contribution in [-0.2, 0) is 0 Å². The minimum atomic E-state index is -0.337. The summed E-state index contributed by atoms with van der Waals surface area (Å²) in [6, 6.07) is 4.67. The van der Waals surface area contributed by atoms with Crippen molar-refractivity contribution in [3.63, 3.8) is 0 Å². The van der Waals surface area contributed by atoms with Gasteiger partial charge in [-0.05, 0) is 34.5 Å². The largest absolute Gasteiger partial charge is 0.493 e. The number of benzene rings is 1. The van der Waals surface area contributed by atoms with Crippen LogP contribution in [0.3, 0.4) is 0 Å². The molecule has 0 aliphatic carbocycles. The highest BCUT2D eigenvalue weighted by Crippen LogP contribution is 2.23. The Balaban J connectivity index is 2.51. The molecular formula is C12H15BrFNOS. The number of rotatable bonds is 5. The third kappa shape index (κ3) is 4.24. The van der Waals surface area contributed by atoms with Crippen molar-refractivity contribution >= 4 is 33.1 Å². The molecule has 0 atom stereocenters. The molecule has 0 fully saturated rings. The summed E-state index contributed by atoms with van der Waals surface area (Å²) >= 11 is 8.04. The van der Waals surface area contributed by atoms with Gasteiger partial charge in [0.25, 0.3) is 0 Å². The van der Waals surface area contributed by atoms with Crippen molar-refractivity contribution in [2.45, 2.75) is 20.3 Å². The van der Waals surface area contributed by atoms with E-state index in [-0.39, 0.29) is 11.2 Å². The van der Waals surface area contributed by atoms with Gasteiger partial charge in [-0.25, -0.2) is 4.39 Å². The monoisotopic (exact) mass is 319 g/mol. The van der Waals surface area contributed by atoms with Gasteiger partial charge in [0.05, 0.1) is 16.1 Å². The SMILES string of the molecule is CC(C)(CCOc1ccc(Br)c(F)c1)C(N)=S. The Morgan fingerprint density at radius 1 is 1.53 bits per heavy atom. The molecule has 0 amide bonds. The maximum atomic E-state index is 13.2. The molecule has 17 heavy (non-hydrogen) atoms. The van der Waals surface area contributed by atoms with E-state index in [4.69, 9.17) is 22.7 Å². The zero-order valence-electron chi connectivity index (χ0n) is 9.80. The zero-order chi connectivity index (χ0) is 13.1. The molecule has 0 radical (unpaired) electrons. The van der Waals surface area contributed by atoms with Crippen molar-refractivity contribution in [2.24, 2.45) is 11.1 Å². The van der Waals surface area contributed by atoms with Gasteiger partial charge >= 0.3 is 0 Å². The molecule has 2 nitrogen and oxygen atoms in total. The lowest BCUT2D eigenvalue weighted by molar-refractivity contribution is 0.269. The molecule has 1 aromatic carbocycles. The number of ether oxygens (including phenoxy) is 1. The van der Waals surface area contributed by atoms with E-state index in [1.165, 1.54) is 6.07 Å². The molecule has 2 N–H and O–H groups in total. The van der Waals surface area contributed by atoms with Crippen molar-refractivity contribution in [1.29, 1.82) is 0 Å². The van der Waals surface area contributed by atoms with Crippen molar-refractivity contribution in [1.82, 2.24) is 0 Å². The molecule has 1 aromatic rings. The van der Waals surface area contributed by atoms with Crippen LogP contribution in [0.5, 0.6) is 5.75 Å². The van der Waals surface area contributed by atoms with Crippen LogP contribution in [0.25, 0.3) is 0 Å². The average Bonchev–Trinajstić information content (AvgIpc) is 2.23. The van der Waals surface area contributed by atoms with E-state index in [1.54, 1.807) is 12.1 Å². The second kappa shape index (κ2) is 5.78. The van der Waals surface area contributed by atoms with Crippen LogP contribution in [0.1, 0.15) is 20.3 Å². The highest BCUT2D eigenvalue weighted by atomic mass is 79.9. The van der Waals surface area contributed by atoms with Crippen molar-refractivity contribution in [3.05, 3.63) is 28.5 Å². The number of hydrogen-bond donors (Lipinski definition) is 1. The number of thiocarbonyl (C=S) groups is 1. The van der Waals surface area contributed by atoms with Gasteiger partial charge in [-0.15, -0.1) is 0 Å². The minimum Gasteiger partial charge on any atom is -0.493 e. The van der Waals surface area contributed by atoms with Crippen molar-refractivity contribution in [2.75, 3.05) is 6.61 Å². The maximum Gasteiger partial charge on any atom is 0.141 e. The predicted octanol–water partition coefficient (Wildman–Crippen LogP) is 3.67. The molecule has 0 aliphatic rings. The van der Waals surface area contributed by atoms with Gasteiger partial charge in [-0.1, -0.05) is 26.1 Å². The third-order valence-electron chi connectivity index (χ3n) is 2.55. The van der Waals surface area contributed by atoms with Crippen molar-refractivity contribution in [3.8, 4) is 5.75 Å². The lowest BCUT2D eigenvalue weighted by atomic mass is 9.90. The first-order chi connectivity index (χ1) is 7.83. The van der Waals surface area contributed by atoms with Crippen LogP contribution in [0.4, 0.5) is 4.39 Å². The summed E-state index contributed by atoms with van der Waals surface area (Å²) in [5.41, 5.74) is 5.36. The minimum absolute atomic E-state index is 0.247. The normalized spacial score (nSPS) is 11.3. The second-order valence-corrected chi connectivity index (χ2v) is 5.72.